The zero-order valence-corrected chi connectivity index (χ0v) is 18.7. The second-order valence-corrected chi connectivity index (χ2v) is 10.5. The Morgan fingerprint density at radius 1 is 0.917 bits per heavy atom. The second kappa shape index (κ2) is 11.4. The van der Waals surface area contributed by atoms with E-state index in [9.17, 15) is 0 Å². The molecule has 0 atom stereocenters. The van der Waals surface area contributed by atoms with Crippen molar-refractivity contribution < 1.29 is 25.8 Å². The summed E-state index contributed by atoms with van der Waals surface area (Å²) in [6, 6.07) is 23.5. The number of hydrogen-bond donors (Lipinski definition) is 0. The van der Waals surface area contributed by atoms with Crippen molar-refractivity contribution in [1.29, 1.82) is 0 Å². The molecule has 1 fully saturated rings. The first-order chi connectivity index (χ1) is 11.4. The molecule has 1 nitrogen and oxygen atoms in total. The molecule has 2 aromatic rings. The second-order valence-electron chi connectivity index (χ2n) is 6.12. The molecular weight excluding hydrogens is 510 g/mol. The van der Waals surface area contributed by atoms with E-state index < -0.39 is 0 Å². The fraction of sp³-hybridized carbons (Fsp3) is 0.350. The molecule has 0 amide bonds. The van der Waals surface area contributed by atoms with Gasteiger partial charge in [-0.1, -0.05) is 89.1 Å². The van der Waals surface area contributed by atoms with Gasteiger partial charge in [0, 0.05) is 27.7 Å². The van der Waals surface area contributed by atoms with Crippen molar-refractivity contribution in [1.82, 2.24) is 0 Å². The first-order valence-electron chi connectivity index (χ1n) is 8.78. The van der Waals surface area contributed by atoms with Gasteiger partial charge in [0.1, 0.15) is 0 Å². The van der Waals surface area contributed by atoms with E-state index in [-0.39, 0.29) is 38.5 Å². The summed E-state index contributed by atoms with van der Waals surface area (Å²) in [4.78, 5) is 0. The summed E-state index contributed by atoms with van der Waals surface area (Å²) in [7, 11) is -0.340. The van der Waals surface area contributed by atoms with Crippen molar-refractivity contribution in [3.05, 3.63) is 66.4 Å². The molecule has 0 bridgehead atoms. The van der Waals surface area contributed by atoms with E-state index >= 15 is 0 Å². The van der Waals surface area contributed by atoms with Crippen LogP contribution in [0.15, 0.2) is 60.7 Å². The average molecular weight is 537 g/mol. The Labute approximate surface area is 164 Å². The Bertz CT molecular complexity index is 521. The third-order valence-corrected chi connectivity index (χ3v) is 8.95. The minimum absolute atomic E-state index is 0. The number of rotatable bonds is 7. The van der Waals surface area contributed by atoms with E-state index in [0.717, 1.165) is 6.61 Å². The molecule has 1 aliphatic rings. The monoisotopic (exact) mass is 536 g/mol. The van der Waals surface area contributed by atoms with Crippen LogP contribution >= 0.6 is 7.92 Å². The maximum Gasteiger partial charge on any atom is 0.0111 e. The summed E-state index contributed by atoms with van der Waals surface area (Å²) in [6.45, 7) is 0.975. The van der Waals surface area contributed by atoms with E-state index in [1.807, 2.05) is 0 Å². The third-order valence-electron chi connectivity index (χ3n) is 4.38. The third kappa shape index (κ3) is 6.23. The van der Waals surface area contributed by atoms with Crippen LogP contribution in [0.5, 0.6) is 0 Å². The van der Waals surface area contributed by atoms with Gasteiger partial charge < -0.3 is 4.74 Å². The summed E-state index contributed by atoms with van der Waals surface area (Å²) < 4.78 is 5.84. The van der Waals surface area contributed by atoms with E-state index in [0.29, 0.717) is 0 Å². The Morgan fingerprint density at radius 3 is 2.08 bits per heavy atom. The maximum atomic E-state index is 5.84. The van der Waals surface area contributed by atoms with E-state index in [1.54, 1.807) is 0 Å². The average Bonchev–Trinajstić information content (AvgIpc) is 2.64. The molecule has 0 aliphatic carbocycles. The zero-order valence-electron chi connectivity index (χ0n) is 14.1. The van der Waals surface area contributed by atoms with Crippen LogP contribution in [0.2, 0.25) is 6.04 Å². The van der Waals surface area contributed by atoms with Crippen molar-refractivity contribution in [3.8, 4) is 0 Å². The predicted octanol–water partition coefficient (Wildman–Crippen LogP) is 3.78. The molecule has 0 radical (unpaired) electrons. The van der Waals surface area contributed by atoms with Crippen LogP contribution in [0.4, 0.5) is 0 Å². The van der Waals surface area contributed by atoms with E-state index in [2.05, 4.69) is 60.7 Å². The molecule has 1 saturated heterocycles. The van der Waals surface area contributed by atoms with Gasteiger partial charge >= 0.3 is 0 Å². The van der Waals surface area contributed by atoms with Gasteiger partial charge in [0.2, 0.25) is 0 Å². The molecule has 2 aromatic carbocycles. The molecule has 0 spiro atoms. The van der Waals surface area contributed by atoms with Crippen molar-refractivity contribution in [2.24, 2.45) is 0 Å². The molecule has 0 N–H and O–H groups in total. The van der Waals surface area contributed by atoms with Crippen molar-refractivity contribution in [2.45, 2.75) is 31.7 Å². The normalized spacial score (nSPS) is 15.7. The summed E-state index contributed by atoms with van der Waals surface area (Å²) in [6.07, 6.45) is 6.50. The van der Waals surface area contributed by atoms with Crippen LogP contribution in [0.3, 0.4) is 0 Å². The Kier molecular flexibility index (Phi) is 9.50. The molecule has 24 heavy (non-hydrogen) atoms. The Balaban J connectivity index is 0.00000208. The quantitative estimate of drug-likeness (QED) is 0.227. The molecule has 1 aliphatic heterocycles. The summed E-state index contributed by atoms with van der Waals surface area (Å²) >= 11 is 0. The molecule has 0 unspecified atom stereocenters. The van der Waals surface area contributed by atoms with Gasteiger partial charge in [-0.15, -0.1) is 0 Å². The molecule has 4 heteroatoms. The number of hydrogen-bond acceptors (Lipinski definition) is 1. The zero-order chi connectivity index (χ0) is 15.7. The van der Waals surface area contributed by atoms with Gasteiger partial charge in [0.05, 0.1) is 0 Å². The number of benzene rings is 2. The first-order valence-corrected chi connectivity index (χ1v) is 12.0. The van der Waals surface area contributed by atoms with Crippen molar-refractivity contribution in [2.75, 3.05) is 12.8 Å². The van der Waals surface area contributed by atoms with Gasteiger partial charge in [0.15, 0.2) is 0 Å². The van der Waals surface area contributed by atoms with Gasteiger partial charge in [-0.2, -0.15) is 6.42 Å². The topological polar surface area (TPSA) is 9.23 Å². The molecule has 0 aromatic heterocycles. The van der Waals surface area contributed by atoms with Crippen molar-refractivity contribution in [3.63, 3.8) is 0 Å². The summed E-state index contributed by atoms with van der Waals surface area (Å²) in [5.74, 6) is 0. The maximum absolute atomic E-state index is 5.84. The minimum atomic E-state index is -0.208. The van der Waals surface area contributed by atoms with Crippen LogP contribution in [0, 0.1) is 5.73 Å². The molecule has 132 valence electrons. The molecule has 0 saturated carbocycles. The predicted molar refractivity (Wildman–Crippen MR) is 105 cm³/mol. The Morgan fingerprint density at radius 2 is 1.54 bits per heavy atom. The Hall–Kier alpha value is -0.265. The SMILES string of the molecule is [Pt].c1ccc(P(CCC[SiH2][C-]2CCCCO2)c2ccccc2)cc1. The summed E-state index contributed by atoms with van der Waals surface area (Å²) in [5.41, 5.74) is 1.49. The van der Waals surface area contributed by atoms with Crippen molar-refractivity contribution >= 4 is 28.1 Å². The fourth-order valence-corrected chi connectivity index (χ4v) is 7.65. The van der Waals surface area contributed by atoms with Gasteiger partial charge in [-0.3, -0.25) is 0 Å². The molecular formula is C20H26OPPtSi-. The van der Waals surface area contributed by atoms with Crippen LogP contribution in [0.1, 0.15) is 25.7 Å². The fourth-order valence-electron chi connectivity index (χ4n) is 3.13. The van der Waals surface area contributed by atoms with Crippen LogP contribution < -0.4 is 10.6 Å². The van der Waals surface area contributed by atoms with E-state index in [1.165, 1.54) is 54.2 Å². The van der Waals surface area contributed by atoms with Gasteiger partial charge in [0.25, 0.3) is 0 Å². The van der Waals surface area contributed by atoms with Gasteiger partial charge in [-0.25, -0.2) is 5.73 Å². The summed E-state index contributed by atoms with van der Waals surface area (Å²) in [5, 5.41) is 3.02. The number of ether oxygens (including phenoxy) is 1. The first kappa shape index (κ1) is 20.1. The van der Waals surface area contributed by atoms with Crippen LogP contribution in [-0.2, 0) is 25.8 Å². The molecule has 3 rings (SSSR count). The molecule has 1 heterocycles. The standard InChI is InChI=1S/C20H26OPSi.Pt/c1-3-10-18(11-4-1)22(19-12-5-2-6-13-19)16-9-17-23-20-14-7-8-15-21-20;/h1-6,10-13H,7-9,14-17,23H2;/q-1;. The van der Waals surface area contributed by atoms with Crippen LogP contribution in [-0.4, -0.2) is 22.3 Å². The van der Waals surface area contributed by atoms with Crippen LogP contribution in [0.25, 0.3) is 0 Å². The largest absolute Gasteiger partial charge is 0.551 e. The van der Waals surface area contributed by atoms with Gasteiger partial charge in [-0.05, 0) is 31.1 Å². The smallest absolute Gasteiger partial charge is 0.0111 e. The van der Waals surface area contributed by atoms with E-state index in [4.69, 9.17) is 4.74 Å². The minimum Gasteiger partial charge on any atom is -0.551 e.